The Morgan fingerprint density at radius 2 is 1.39 bits per heavy atom. The molecule has 0 bridgehead atoms. The largest absolute Gasteiger partial charge is 0.218 e. The van der Waals surface area contributed by atoms with Crippen molar-refractivity contribution in [3.63, 3.8) is 0 Å². The molecule has 18 heavy (non-hydrogen) atoms. The predicted molar refractivity (Wildman–Crippen MR) is 82.1 cm³/mol. The van der Waals surface area contributed by atoms with Crippen LogP contribution in [0.5, 0.6) is 0 Å². The highest BCUT2D eigenvalue weighted by Crippen LogP contribution is 2.28. The number of sulfone groups is 1. The number of halogens is 1. The smallest absolute Gasteiger partial charge is 0.207 e. The van der Waals surface area contributed by atoms with Crippen LogP contribution in [0.25, 0.3) is 4.91 Å². The summed E-state index contributed by atoms with van der Waals surface area (Å²) in [7, 11) is -3.45. The standard InChI is InChI=1S/C14H11IO2S/c15-11-14(12-7-3-1-4-8-12)18(16,17)13-9-5-2-6-10-13/h1-11H/b14-11-. The number of hydrogen-bond acceptors (Lipinski definition) is 2. The van der Waals surface area contributed by atoms with Gasteiger partial charge in [-0.25, -0.2) is 8.42 Å². The van der Waals surface area contributed by atoms with Crippen LogP contribution in [0.1, 0.15) is 5.56 Å². The average Bonchev–Trinajstić information content (AvgIpc) is 2.41. The first-order valence-electron chi connectivity index (χ1n) is 5.32. The molecule has 4 heteroatoms. The Morgan fingerprint density at radius 3 is 1.89 bits per heavy atom. The number of hydrogen-bond donors (Lipinski definition) is 0. The van der Waals surface area contributed by atoms with Crippen LogP contribution >= 0.6 is 22.6 Å². The van der Waals surface area contributed by atoms with Crippen LogP contribution < -0.4 is 0 Å². The molecule has 2 rings (SSSR count). The topological polar surface area (TPSA) is 34.1 Å². The second kappa shape index (κ2) is 5.67. The van der Waals surface area contributed by atoms with E-state index in [1.807, 2.05) is 40.8 Å². The second-order valence-electron chi connectivity index (χ2n) is 3.66. The molecule has 0 amide bonds. The SMILES string of the molecule is O=S(=O)(/C(=C\I)c1ccccc1)c1ccccc1. The van der Waals surface area contributed by atoms with Crippen molar-refractivity contribution in [2.24, 2.45) is 0 Å². The minimum Gasteiger partial charge on any atom is -0.218 e. The molecule has 0 aromatic heterocycles. The Kier molecular flexibility index (Phi) is 4.19. The lowest BCUT2D eigenvalue weighted by molar-refractivity contribution is 0.606. The monoisotopic (exact) mass is 370 g/mol. The van der Waals surface area contributed by atoms with Gasteiger partial charge in [0.25, 0.3) is 0 Å². The van der Waals surface area contributed by atoms with Crippen LogP contribution in [0.4, 0.5) is 0 Å². The van der Waals surface area contributed by atoms with Crippen molar-refractivity contribution in [2.45, 2.75) is 4.90 Å². The minimum atomic E-state index is -3.45. The van der Waals surface area contributed by atoms with Gasteiger partial charge in [-0.3, -0.25) is 0 Å². The summed E-state index contributed by atoms with van der Waals surface area (Å²) in [5.74, 6) is 0. The summed E-state index contributed by atoms with van der Waals surface area (Å²) < 4.78 is 26.6. The second-order valence-corrected chi connectivity index (χ2v) is 6.20. The maximum Gasteiger partial charge on any atom is 0.207 e. The van der Waals surface area contributed by atoms with Crippen LogP contribution in [0.3, 0.4) is 0 Å². The summed E-state index contributed by atoms with van der Waals surface area (Å²) in [5, 5.41) is 0. The lowest BCUT2D eigenvalue weighted by Crippen LogP contribution is -2.03. The summed E-state index contributed by atoms with van der Waals surface area (Å²) in [6, 6.07) is 17.6. The highest BCUT2D eigenvalue weighted by atomic mass is 127. The Bertz CT molecular complexity index is 647. The van der Waals surface area contributed by atoms with E-state index in [0.29, 0.717) is 15.4 Å². The van der Waals surface area contributed by atoms with Crippen molar-refractivity contribution in [1.82, 2.24) is 0 Å². The van der Waals surface area contributed by atoms with E-state index in [1.165, 1.54) is 0 Å². The molecule has 0 N–H and O–H groups in total. The molecule has 0 fully saturated rings. The average molecular weight is 370 g/mol. The quantitative estimate of drug-likeness (QED) is 0.769. The Hall–Kier alpha value is -1.14. The van der Waals surface area contributed by atoms with Gasteiger partial charge in [-0.05, 0) is 21.8 Å². The fourth-order valence-corrected chi connectivity index (χ4v) is 4.30. The molecule has 0 unspecified atom stereocenters. The summed E-state index contributed by atoms with van der Waals surface area (Å²) in [5.41, 5.74) is 0.704. The molecule has 0 atom stereocenters. The number of rotatable bonds is 3. The predicted octanol–water partition coefficient (Wildman–Crippen LogP) is 3.89. The lowest BCUT2D eigenvalue weighted by atomic mass is 10.2. The Balaban J connectivity index is 2.54. The fraction of sp³-hybridized carbons (Fsp3) is 0. The third-order valence-electron chi connectivity index (χ3n) is 2.50. The van der Waals surface area contributed by atoms with E-state index in [2.05, 4.69) is 0 Å². The van der Waals surface area contributed by atoms with Crippen molar-refractivity contribution < 1.29 is 8.42 Å². The van der Waals surface area contributed by atoms with Crippen molar-refractivity contribution in [3.05, 3.63) is 70.3 Å². The van der Waals surface area contributed by atoms with Crippen LogP contribution in [0, 0.1) is 0 Å². The highest BCUT2D eigenvalue weighted by Gasteiger charge is 2.21. The first-order chi connectivity index (χ1) is 8.66. The molecule has 0 radical (unpaired) electrons. The van der Waals surface area contributed by atoms with E-state index in [0.717, 1.165) is 0 Å². The Labute approximate surface area is 120 Å². The lowest BCUT2D eigenvalue weighted by Gasteiger charge is -2.08. The summed E-state index contributed by atoms with van der Waals surface area (Å²) in [4.78, 5) is 0.645. The van der Waals surface area contributed by atoms with Crippen LogP contribution in [-0.4, -0.2) is 8.42 Å². The molecule has 0 heterocycles. The van der Waals surface area contributed by atoms with Gasteiger partial charge in [-0.15, -0.1) is 0 Å². The molecule has 0 aliphatic carbocycles. The van der Waals surface area contributed by atoms with Gasteiger partial charge in [0.15, 0.2) is 0 Å². The van der Waals surface area contributed by atoms with E-state index in [4.69, 9.17) is 0 Å². The molecule has 0 saturated carbocycles. The normalized spacial score (nSPS) is 12.4. The van der Waals surface area contributed by atoms with Gasteiger partial charge in [-0.1, -0.05) is 71.1 Å². The zero-order valence-electron chi connectivity index (χ0n) is 9.45. The third-order valence-corrected chi connectivity index (χ3v) is 5.37. The van der Waals surface area contributed by atoms with Crippen LogP contribution in [0.2, 0.25) is 0 Å². The van der Waals surface area contributed by atoms with Crippen LogP contribution in [0.15, 0.2) is 69.6 Å². The zero-order chi connectivity index (χ0) is 13.0. The van der Waals surface area contributed by atoms with Crippen molar-refractivity contribution in [1.29, 1.82) is 0 Å². The molecular weight excluding hydrogens is 359 g/mol. The van der Waals surface area contributed by atoms with Crippen LogP contribution in [-0.2, 0) is 9.84 Å². The van der Waals surface area contributed by atoms with E-state index in [9.17, 15) is 8.42 Å². The van der Waals surface area contributed by atoms with Crippen molar-refractivity contribution in [2.75, 3.05) is 0 Å². The molecule has 0 spiro atoms. The van der Waals surface area contributed by atoms with E-state index < -0.39 is 9.84 Å². The summed E-state index contributed by atoms with van der Waals surface area (Å²) >= 11 is 1.96. The molecule has 0 aliphatic heterocycles. The molecule has 0 saturated heterocycles. The highest BCUT2D eigenvalue weighted by molar-refractivity contribution is 14.1. The maximum absolute atomic E-state index is 12.5. The third kappa shape index (κ3) is 2.64. The molecule has 2 nitrogen and oxygen atoms in total. The van der Waals surface area contributed by atoms with Gasteiger partial charge in [0.05, 0.1) is 9.80 Å². The molecule has 92 valence electrons. The molecule has 2 aromatic rings. The van der Waals surface area contributed by atoms with E-state index in [1.54, 1.807) is 46.5 Å². The Morgan fingerprint density at radius 1 is 0.889 bits per heavy atom. The minimum absolute atomic E-state index is 0.316. The zero-order valence-corrected chi connectivity index (χ0v) is 12.4. The maximum atomic E-state index is 12.5. The molecule has 0 aliphatic rings. The first kappa shape index (κ1) is 13.3. The van der Waals surface area contributed by atoms with E-state index in [-0.39, 0.29) is 0 Å². The van der Waals surface area contributed by atoms with Gasteiger partial charge in [-0.2, -0.15) is 0 Å². The summed E-state index contributed by atoms with van der Waals surface area (Å²) in [6.07, 6.45) is 0. The first-order valence-corrected chi connectivity index (χ1v) is 8.05. The number of benzene rings is 2. The van der Waals surface area contributed by atoms with Gasteiger partial charge in [0.1, 0.15) is 0 Å². The van der Waals surface area contributed by atoms with Crippen molar-refractivity contribution >= 4 is 37.3 Å². The fourth-order valence-electron chi connectivity index (χ4n) is 1.61. The van der Waals surface area contributed by atoms with E-state index >= 15 is 0 Å². The summed E-state index contributed by atoms with van der Waals surface area (Å²) in [6.45, 7) is 0. The van der Waals surface area contributed by atoms with Gasteiger partial charge >= 0.3 is 0 Å². The molecular formula is C14H11IO2S. The van der Waals surface area contributed by atoms with Gasteiger partial charge in [0.2, 0.25) is 9.84 Å². The van der Waals surface area contributed by atoms with Gasteiger partial charge in [0, 0.05) is 0 Å². The van der Waals surface area contributed by atoms with Gasteiger partial charge < -0.3 is 0 Å². The van der Waals surface area contributed by atoms with Crippen molar-refractivity contribution in [3.8, 4) is 0 Å². The molecule has 2 aromatic carbocycles.